The molecule has 0 unspecified atom stereocenters. The smallest absolute Gasteiger partial charge is 0.335 e. The summed E-state index contributed by atoms with van der Waals surface area (Å²) in [7, 11) is 0. The number of benzene rings is 3. The fourth-order valence-corrected chi connectivity index (χ4v) is 5.03. The number of ether oxygens (including phenoxy) is 2. The average Bonchev–Trinajstić information content (AvgIpc) is 2.83. The summed E-state index contributed by atoms with van der Waals surface area (Å²) in [6.45, 7) is 2.65. The molecule has 0 saturated carbocycles. The number of nitrogens with one attached hydrogen (secondary N) is 1. The lowest BCUT2D eigenvalue weighted by molar-refractivity contribution is -0.122. The topological polar surface area (TPSA) is 84.9 Å². The second kappa shape index (κ2) is 11.3. The number of amides is 4. The molecular formula is C26H19Br2ClN2O5. The zero-order chi connectivity index (χ0) is 25.8. The highest BCUT2D eigenvalue weighted by atomic mass is 79.9. The van der Waals surface area contributed by atoms with Gasteiger partial charge >= 0.3 is 6.03 Å². The molecule has 0 aliphatic carbocycles. The van der Waals surface area contributed by atoms with Crippen LogP contribution in [0.2, 0.25) is 5.02 Å². The van der Waals surface area contributed by atoms with Crippen molar-refractivity contribution in [1.82, 2.24) is 5.32 Å². The molecule has 4 amide bonds. The van der Waals surface area contributed by atoms with E-state index in [1.54, 1.807) is 48.5 Å². The van der Waals surface area contributed by atoms with Gasteiger partial charge in [-0.1, -0.05) is 23.7 Å². The monoisotopic (exact) mass is 632 g/mol. The van der Waals surface area contributed by atoms with Gasteiger partial charge in [0.1, 0.15) is 23.7 Å². The van der Waals surface area contributed by atoms with Crippen LogP contribution in [0.3, 0.4) is 0 Å². The van der Waals surface area contributed by atoms with Gasteiger partial charge in [-0.3, -0.25) is 14.9 Å². The molecule has 0 aromatic heterocycles. The molecule has 0 spiro atoms. The number of nitrogens with zero attached hydrogens (tertiary/aromatic N) is 1. The lowest BCUT2D eigenvalue weighted by atomic mass is 10.1. The maximum atomic E-state index is 13.2. The summed E-state index contributed by atoms with van der Waals surface area (Å²) in [6, 6.07) is 16.4. The minimum atomic E-state index is -0.820. The lowest BCUT2D eigenvalue weighted by Gasteiger charge is -2.26. The number of rotatable bonds is 7. The number of anilines is 1. The number of imide groups is 2. The minimum absolute atomic E-state index is 0.183. The maximum absolute atomic E-state index is 13.2. The Morgan fingerprint density at radius 2 is 1.58 bits per heavy atom. The number of urea groups is 1. The fourth-order valence-electron chi connectivity index (χ4n) is 3.45. The molecule has 1 heterocycles. The summed E-state index contributed by atoms with van der Waals surface area (Å²) < 4.78 is 12.6. The third-order valence-electron chi connectivity index (χ3n) is 5.14. The van der Waals surface area contributed by atoms with E-state index in [4.69, 9.17) is 21.1 Å². The number of hydrogen-bond acceptors (Lipinski definition) is 5. The Balaban J connectivity index is 1.58. The second-order valence-electron chi connectivity index (χ2n) is 7.61. The van der Waals surface area contributed by atoms with Crippen molar-refractivity contribution in [2.75, 3.05) is 11.5 Å². The van der Waals surface area contributed by atoms with Crippen LogP contribution in [-0.4, -0.2) is 24.5 Å². The standard InChI is InChI=1S/C26H19Br2ClN2O5/c1-2-35-19-9-7-18(8-10-19)31-25(33)20(24(32)30-26(31)34)11-16-12-21(27)23(22(28)13-16)36-14-15-3-5-17(29)6-4-15/h3-13H,2,14H2,1H3,(H,30,32,34)/b20-11+. The summed E-state index contributed by atoms with van der Waals surface area (Å²) in [6.07, 6.45) is 1.42. The van der Waals surface area contributed by atoms with E-state index in [9.17, 15) is 14.4 Å². The van der Waals surface area contributed by atoms with Crippen LogP contribution in [-0.2, 0) is 16.2 Å². The molecule has 1 aliphatic rings. The third-order valence-corrected chi connectivity index (χ3v) is 6.57. The zero-order valence-electron chi connectivity index (χ0n) is 18.9. The summed E-state index contributed by atoms with van der Waals surface area (Å²) in [4.78, 5) is 39.1. The molecule has 1 fully saturated rings. The number of carbonyl (C=O) groups excluding carboxylic acids is 3. The quantitative estimate of drug-likeness (QED) is 0.237. The van der Waals surface area contributed by atoms with E-state index >= 15 is 0 Å². The van der Waals surface area contributed by atoms with Gasteiger partial charge < -0.3 is 9.47 Å². The summed E-state index contributed by atoms with van der Waals surface area (Å²) in [5.41, 5.74) is 1.62. The van der Waals surface area contributed by atoms with Crippen LogP contribution < -0.4 is 19.7 Å². The number of halogens is 3. The minimum Gasteiger partial charge on any atom is -0.494 e. The first-order valence-electron chi connectivity index (χ1n) is 10.8. The summed E-state index contributed by atoms with van der Waals surface area (Å²) in [5, 5.41) is 2.86. The van der Waals surface area contributed by atoms with Crippen LogP contribution in [0.25, 0.3) is 6.08 Å². The zero-order valence-corrected chi connectivity index (χ0v) is 22.8. The van der Waals surface area contributed by atoms with Gasteiger partial charge in [0.25, 0.3) is 11.8 Å². The summed E-state index contributed by atoms with van der Waals surface area (Å²) in [5.74, 6) is -0.352. The molecule has 7 nitrogen and oxygen atoms in total. The first-order valence-corrected chi connectivity index (χ1v) is 12.7. The highest BCUT2D eigenvalue weighted by Crippen LogP contribution is 2.36. The molecule has 3 aromatic carbocycles. The summed E-state index contributed by atoms with van der Waals surface area (Å²) >= 11 is 12.9. The molecule has 1 N–H and O–H groups in total. The molecule has 0 radical (unpaired) electrons. The van der Waals surface area contributed by atoms with E-state index in [2.05, 4.69) is 37.2 Å². The van der Waals surface area contributed by atoms with Gasteiger partial charge in [0.2, 0.25) is 0 Å². The van der Waals surface area contributed by atoms with Gasteiger partial charge in [0.15, 0.2) is 0 Å². The van der Waals surface area contributed by atoms with Gasteiger partial charge in [-0.05, 0) is 105 Å². The van der Waals surface area contributed by atoms with Crippen LogP contribution in [0, 0.1) is 0 Å². The average molecular weight is 635 g/mol. The molecule has 36 heavy (non-hydrogen) atoms. The van der Waals surface area contributed by atoms with Crippen molar-refractivity contribution in [2.45, 2.75) is 13.5 Å². The van der Waals surface area contributed by atoms with Crippen molar-refractivity contribution >= 4 is 73.1 Å². The largest absolute Gasteiger partial charge is 0.494 e. The van der Waals surface area contributed by atoms with E-state index in [1.807, 2.05) is 19.1 Å². The number of carbonyl (C=O) groups is 3. The molecule has 184 valence electrons. The van der Waals surface area contributed by atoms with E-state index in [0.29, 0.717) is 49.9 Å². The third kappa shape index (κ3) is 5.80. The first kappa shape index (κ1) is 25.9. The Morgan fingerprint density at radius 3 is 2.19 bits per heavy atom. The van der Waals surface area contributed by atoms with Crippen LogP contribution in [0.5, 0.6) is 11.5 Å². The van der Waals surface area contributed by atoms with Crippen LogP contribution in [0.4, 0.5) is 10.5 Å². The molecular weight excluding hydrogens is 616 g/mol. The predicted octanol–water partition coefficient (Wildman–Crippen LogP) is 6.51. The highest BCUT2D eigenvalue weighted by Gasteiger charge is 2.36. The van der Waals surface area contributed by atoms with E-state index in [0.717, 1.165) is 10.5 Å². The van der Waals surface area contributed by atoms with Crippen molar-refractivity contribution in [2.24, 2.45) is 0 Å². The maximum Gasteiger partial charge on any atom is 0.335 e. The number of hydrogen-bond donors (Lipinski definition) is 1. The van der Waals surface area contributed by atoms with Crippen molar-refractivity contribution in [3.63, 3.8) is 0 Å². The molecule has 3 aromatic rings. The molecule has 1 aliphatic heterocycles. The Labute approximate surface area is 229 Å². The Morgan fingerprint density at radius 1 is 0.944 bits per heavy atom. The van der Waals surface area contributed by atoms with Gasteiger partial charge in [-0.2, -0.15) is 0 Å². The molecule has 4 rings (SSSR count). The Bertz CT molecular complexity index is 1330. The lowest BCUT2D eigenvalue weighted by Crippen LogP contribution is -2.54. The van der Waals surface area contributed by atoms with Gasteiger partial charge in [-0.15, -0.1) is 0 Å². The van der Waals surface area contributed by atoms with E-state index in [1.165, 1.54) is 6.08 Å². The first-order chi connectivity index (χ1) is 17.3. The molecule has 10 heteroatoms. The van der Waals surface area contributed by atoms with Gasteiger partial charge in [0, 0.05) is 5.02 Å². The van der Waals surface area contributed by atoms with Crippen LogP contribution in [0.15, 0.2) is 75.2 Å². The van der Waals surface area contributed by atoms with Crippen LogP contribution in [0.1, 0.15) is 18.1 Å². The Hall–Kier alpha value is -3.14. The van der Waals surface area contributed by atoms with Gasteiger partial charge in [0.05, 0.1) is 21.2 Å². The normalized spacial score (nSPS) is 14.7. The SMILES string of the molecule is CCOc1ccc(N2C(=O)NC(=O)/C(=C\c3cc(Br)c(OCc4ccc(Cl)cc4)c(Br)c3)C2=O)cc1. The van der Waals surface area contributed by atoms with Crippen molar-refractivity contribution in [3.8, 4) is 11.5 Å². The Kier molecular flexibility index (Phi) is 8.13. The van der Waals surface area contributed by atoms with Gasteiger partial charge in [-0.25, -0.2) is 9.69 Å². The molecule has 0 atom stereocenters. The van der Waals surface area contributed by atoms with Crippen molar-refractivity contribution < 1.29 is 23.9 Å². The second-order valence-corrected chi connectivity index (χ2v) is 9.76. The fraction of sp³-hybridized carbons (Fsp3) is 0.115. The van der Waals surface area contributed by atoms with Crippen molar-refractivity contribution in [1.29, 1.82) is 0 Å². The molecule has 0 bridgehead atoms. The highest BCUT2D eigenvalue weighted by molar-refractivity contribution is 9.11. The predicted molar refractivity (Wildman–Crippen MR) is 144 cm³/mol. The molecule has 1 saturated heterocycles. The van der Waals surface area contributed by atoms with E-state index in [-0.39, 0.29) is 5.57 Å². The van der Waals surface area contributed by atoms with Crippen LogP contribution >= 0.6 is 43.5 Å². The number of barbiturate groups is 1. The van der Waals surface area contributed by atoms with Crippen molar-refractivity contribution in [3.05, 3.63) is 91.3 Å². The van der Waals surface area contributed by atoms with E-state index < -0.39 is 17.8 Å².